The van der Waals surface area contributed by atoms with Gasteiger partial charge in [-0.15, -0.1) is 0 Å². The molecule has 0 radical (unpaired) electrons. The van der Waals surface area contributed by atoms with Gasteiger partial charge in [0.05, 0.1) is 11.5 Å². The van der Waals surface area contributed by atoms with E-state index >= 15 is 0 Å². The van der Waals surface area contributed by atoms with Gasteiger partial charge in [-0.1, -0.05) is 12.1 Å². The van der Waals surface area contributed by atoms with Crippen molar-refractivity contribution < 1.29 is 17.9 Å². The first-order valence-electron chi connectivity index (χ1n) is 4.79. The predicted octanol–water partition coefficient (Wildman–Crippen LogP) is -0.403. The van der Waals surface area contributed by atoms with Crippen LogP contribution in [-0.2, 0) is 26.0 Å². The number of benzene rings is 1. The lowest BCUT2D eigenvalue weighted by Crippen LogP contribution is -2.33. The molecule has 1 aromatic carbocycles. The van der Waals surface area contributed by atoms with E-state index < -0.39 is 15.7 Å². The van der Waals surface area contributed by atoms with Gasteiger partial charge in [0.2, 0.25) is 0 Å². The molecule has 0 heterocycles. The van der Waals surface area contributed by atoms with E-state index in [1.54, 1.807) is 12.1 Å². The van der Waals surface area contributed by atoms with E-state index in [0.29, 0.717) is 0 Å². The standard InChI is InChI=1S/C10H14N2O4S/c1-17(14,15)9-4-2-8(3-5-9)6-16-7-10(13)12-11/h2-5H,6-7,11H2,1H3,(H,12,13). The Kier molecular flexibility index (Phi) is 4.62. The smallest absolute Gasteiger partial charge is 0.259 e. The molecule has 0 unspecified atom stereocenters. The fourth-order valence-corrected chi connectivity index (χ4v) is 1.77. The first kappa shape index (κ1) is 13.6. The maximum atomic E-state index is 11.2. The number of hydrogen-bond donors (Lipinski definition) is 2. The second-order valence-corrected chi connectivity index (χ2v) is 5.49. The number of hydrazine groups is 1. The number of nitrogens with one attached hydrogen (secondary N) is 1. The van der Waals surface area contributed by atoms with Crippen molar-refractivity contribution in [3.63, 3.8) is 0 Å². The fourth-order valence-electron chi connectivity index (χ4n) is 1.14. The summed E-state index contributed by atoms with van der Waals surface area (Å²) in [5, 5.41) is 0. The Morgan fingerprint density at radius 2 is 1.94 bits per heavy atom. The lowest BCUT2D eigenvalue weighted by Gasteiger charge is -2.04. The molecule has 0 bridgehead atoms. The van der Waals surface area contributed by atoms with Crippen molar-refractivity contribution in [2.45, 2.75) is 11.5 Å². The van der Waals surface area contributed by atoms with Crippen LogP contribution in [0.2, 0.25) is 0 Å². The lowest BCUT2D eigenvalue weighted by molar-refractivity contribution is -0.126. The van der Waals surface area contributed by atoms with Crippen LogP contribution >= 0.6 is 0 Å². The molecule has 1 rings (SSSR count). The van der Waals surface area contributed by atoms with Crippen LogP contribution in [0.1, 0.15) is 5.56 Å². The van der Waals surface area contributed by atoms with Gasteiger partial charge < -0.3 is 4.74 Å². The van der Waals surface area contributed by atoms with Crippen LogP contribution in [0.15, 0.2) is 29.2 Å². The summed E-state index contributed by atoms with van der Waals surface area (Å²) in [4.78, 5) is 11.0. The van der Waals surface area contributed by atoms with Gasteiger partial charge in [-0.2, -0.15) is 0 Å². The van der Waals surface area contributed by atoms with Crippen LogP contribution < -0.4 is 11.3 Å². The third-order valence-electron chi connectivity index (χ3n) is 2.01. The van der Waals surface area contributed by atoms with Crippen molar-refractivity contribution in [3.8, 4) is 0 Å². The topological polar surface area (TPSA) is 98.5 Å². The molecule has 0 atom stereocenters. The number of rotatable bonds is 5. The SMILES string of the molecule is CS(=O)(=O)c1ccc(COCC(=O)NN)cc1. The third-order valence-corrected chi connectivity index (χ3v) is 3.14. The van der Waals surface area contributed by atoms with Crippen molar-refractivity contribution >= 4 is 15.7 Å². The molecule has 0 saturated heterocycles. The number of amides is 1. The molecule has 7 heteroatoms. The zero-order chi connectivity index (χ0) is 12.9. The molecule has 6 nitrogen and oxygen atoms in total. The van der Waals surface area contributed by atoms with E-state index in [2.05, 4.69) is 0 Å². The largest absolute Gasteiger partial charge is 0.367 e. The van der Waals surface area contributed by atoms with Crippen molar-refractivity contribution in [1.82, 2.24) is 5.43 Å². The van der Waals surface area contributed by atoms with Gasteiger partial charge in [-0.05, 0) is 17.7 Å². The minimum absolute atomic E-state index is 0.135. The van der Waals surface area contributed by atoms with E-state index in [0.717, 1.165) is 11.8 Å². The number of carbonyl (C=O) groups is 1. The quantitative estimate of drug-likeness (QED) is 0.425. The van der Waals surface area contributed by atoms with Crippen molar-refractivity contribution in [3.05, 3.63) is 29.8 Å². The molecular formula is C10H14N2O4S. The van der Waals surface area contributed by atoms with Crippen molar-refractivity contribution in [1.29, 1.82) is 0 Å². The normalized spacial score (nSPS) is 11.2. The number of carbonyl (C=O) groups excluding carboxylic acids is 1. The molecule has 0 aromatic heterocycles. The van der Waals surface area contributed by atoms with Crippen LogP contribution in [0.5, 0.6) is 0 Å². The monoisotopic (exact) mass is 258 g/mol. The Morgan fingerprint density at radius 3 is 2.41 bits per heavy atom. The summed E-state index contributed by atoms with van der Waals surface area (Å²) in [6.45, 7) is 0.0851. The Labute approximate surface area is 99.7 Å². The van der Waals surface area contributed by atoms with Crippen molar-refractivity contribution in [2.75, 3.05) is 12.9 Å². The number of nitrogens with two attached hydrogens (primary N) is 1. The van der Waals surface area contributed by atoms with Gasteiger partial charge in [0.1, 0.15) is 6.61 Å². The zero-order valence-corrected chi connectivity index (χ0v) is 10.2. The first-order chi connectivity index (χ1) is 7.93. The number of sulfone groups is 1. The van der Waals surface area contributed by atoms with E-state index in [1.807, 2.05) is 5.43 Å². The van der Waals surface area contributed by atoms with E-state index in [4.69, 9.17) is 10.6 Å². The Morgan fingerprint density at radius 1 is 1.35 bits per heavy atom. The minimum Gasteiger partial charge on any atom is -0.367 e. The molecule has 94 valence electrons. The van der Waals surface area contributed by atoms with Gasteiger partial charge in [0, 0.05) is 6.26 Å². The van der Waals surface area contributed by atoms with E-state index in [9.17, 15) is 13.2 Å². The maximum absolute atomic E-state index is 11.2. The molecule has 3 N–H and O–H groups in total. The van der Waals surface area contributed by atoms with Crippen molar-refractivity contribution in [2.24, 2.45) is 5.84 Å². The summed E-state index contributed by atoms with van der Waals surface area (Å²) in [6, 6.07) is 6.27. The highest BCUT2D eigenvalue weighted by molar-refractivity contribution is 7.90. The van der Waals surface area contributed by atoms with Gasteiger partial charge in [-0.25, -0.2) is 14.3 Å². The second kappa shape index (κ2) is 5.76. The second-order valence-electron chi connectivity index (χ2n) is 3.48. The number of ether oxygens (including phenoxy) is 1. The zero-order valence-electron chi connectivity index (χ0n) is 9.34. The summed E-state index contributed by atoms with van der Waals surface area (Å²) in [7, 11) is -3.18. The maximum Gasteiger partial charge on any atom is 0.259 e. The van der Waals surface area contributed by atoms with Crippen LogP contribution in [0.3, 0.4) is 0 Å². The molecular weight excluding hydrogens is 244 g/mol. The van der Waals surface area contributed by atoms with Gasteiger partial charge in [0.25, 0.3) is 5.91 Å². The molecule has 0 aliphatic carbocycles. The summed E-state index contributed by atoms with van der Waals surface area (Å²) in [5.41, 5.74) is 2.72. The molecule has 0 spiro atoms. The van der Waals surface area contributed by atoms with Crippen LogP contribution in [0.4, 0.5) is 0 Å². The van der Waals surface area contributed by atoms with E-state index in [-0.39, 0.29) is 18.1 Å². The minimum atomic E-state index is -3.18. The number of hydrogen-bond acceptors (Lipinski definition) is 5. The predicted molar refractivity (Wildman–Crippen MR) is 61.5 cm³/mol. The van der Waals surface area contributed by atoms with Crippen LogP contribution in [0.25, 0.3) is 0 Å². The molecule has 1 aromatic rings. The molecule has 0 saturated carbocycles. The molecule has 0 aliphatic rings. The average Bonchev–Trinajstić information content (AvgIpc) is 2.28. The Balaban J connectivity index is 2.55. The highest BCUT2D eigenvalue weighted by Crippen LogP contribution is 2.10. The molecule has 1 amide bonds. The summed E-state index contributed by atoms with van der Waals surface area (Å²) >= 11 is 0. The van der Waals surface area contributed by atoms with Crippen LogP contribution in [0, 0.1) is 0 Å². The lowest BCUT2D eigenvalue weighted by atomic mass is 10.2. The summed E-state index contributed by atoms with van der Waals surface area (Å²) < 4.78 is 27.4. The third kappa shape index (κ3) is 4.51. The molecule has 0 aliphatic heterocycles. The molecule has 17 heavy (non-hydrogen) atoms. The highest BCUT2D eigenvalue weighted by atomic mass is 32.2. The summed E-state index contributed by atoms with van der Waals surface area (Å²) in [6.07, 6.45) is 1.14. The van der Waals surface area contributed by atoms with Gasteiger partial charge in [-0.3, -0.25) is 10.2 Å². The van der Waals surface area contributed by atoms with Gasteiger partial charge in [0.15, 0.2) is 9.84 Å². The summed E-state index contributed by atoms with van der Waals surface area (Å²) in [5.74, 6) is 4.45. The van der Waals surface area contributed by atoms with Gasteiger partial charge >= 0.3 is 0 Å². The Bertz CT molecular complexity index is 482. The van der Waals surface area contributed by atoms with Crippen LogP contribution in [-0.4, -0.2) is 27.2 Å². The molecule has 0 fully saturated rings. The Hall–Kier alpha value is -1.44. The average molecular weight is 258 g/mol. The first-order valence-corrected chi connectivity index (χ1v) is 6.69. The highest BCUT2D eigenvalue weighted by Gasteiger charge is 2.06. The van der Waals surface area contributed by atoms with E-state index in [1.165, 1.54) is 12.1 Å². The fraction of sp³-hybridized carbons (Fsp3) is 0.300.